The predicted octanol–water partition coefficient (Wildman–Crippen LogP) is 1.09. The highest BCUT2D eigenvalue weighted by molar-refractivity contribution is 7.93. The Labute approximate surface area is 83.4 Å². The molecule has 2 rings (SSSR count). The van der Waals surface area contributed by atoms with Crippen molar-refractivity contribution in [3.63, 3.8) is 0 Å². The van der Waals surface area contributed by atoms with E-state index < -0.39 is 10.0 Å². The maximum absolute atomic E-state index is 11.1. The summed E-state index contributed by atoms with van der Waals surface area (Å²) in [6.07, 6.45) is 13.0. The summed E-state index contributed by atoms with van der Waals surface area (Å²) < 4.78 is 22.2. The van der Waals surface area contributed by atoms with Crippen LogP contribution in [-0.2, 0) is 10.0 Å². The quantitative estimate of drug-likeness (QED) is 0.702. The van der Waals surface area contributed by atoms with Crippen LogP contribution < -0.4 is 5.14 Å². The average molecular weight is 209 g/mol. The minimum absolute atomic E-state index is 0.123. The van der Waals surface area contributed by atoms with Gasteiger partial charge in [0.05, 0.1) is 4.91 Å². The van der Waals surface area contributed by atoms with Gasteiger partial charge in [-0.1, -0.05) is 36.5 Å². The van der Waals surface area contributed by atoms with Crippen LogP contribution >= 0.6 is 0 Å². The molecular weight excluding hydrogens is 198 g/mol. The van der Waals surface area contributed by atoms with Gasteiger partial charge in [0.15, 0.2) is 0 Å². The first kappa shape index (κ1) is 9.43. The summed E-state index contributed by atoms with van der Waals surface area (Å²) in [5.74, 6) is 0.392. The van der Waals surface area contributed by atoms with Crippen LogP contribution in [0.3, 0.4) is 0 Å². The minimum Gasteiger partial charge on any atom is -0.225 e. The zero-order valence-corrected chi connectivity index (χ0v) is 8.31. The third kappa shape index (κ3) is 1.71. The molecule has 2 aliphatic rings. The molecule has 0 aromatic rings. The van der Waals surface area contributed by atoms with Gasteiger partial charge in [-0.2, -0.15) is 0 Å². The second-order valence-corrected chi connectivity index (χ2v) is 4.96. The van der Waals surface area contributed by atoms with Crippen molar-refractivity contribution in [1.82, 2.24) is 0 Å². The van der Waals surface area contributed by atoms with Gasteiger partial charge in [-0.25, -0.2) is 13.6 Å². The van der Waals surface area contributed by atoms with E-state index in [1.54, 1.807) is 12.2 Å². The molecule has 2 atom stereocenters. The summed E-state index contributed by atoms with van der Waals surface area (Å²) >= 11 is 0. The van der Waals surface area contributed by atoms with Crippen molar-refractivity contribution in [3.8, 4) is 0 Å². The van der Waals surface area contributed by atoms with Crippen molar-refractivity contribution in [2.75, 3.05) is 0 Å². The van der Waals surface area contributed by atoms with E-state index in [4.69, 9.17) is 5.14 Å². The molecule has 2 N–H and O–H groups in total. The molecule has 2 unspecified atom stereocenters. The van der Waals surface area contributed by atoms with Gasteiger partial charge in [0.2, 0.25) is 10.0 Å². The van der Waals surface area contributed by atoms with Gasteiger partial charge in [-0.3, -0.25) is 0 Å². The third-order valence-corrected chi connectivity index (χ3v) is 3.32. The standard InChI is InChI=1S/C10H11NO2S/c11-14(12,13)10-6-5-8-3-1-2-4-9(8)7-10/h1-9H,(H2,11,12,13). The van der Waals surface area contributed by atoms with Crippen LogP contribution in [0.2, 0.25) is 0 Å². The van der Waals surface area contributed by atoms with Crippen molar-refractivity contribution in [2.45, 2.75) is 0 Å². The predicted molar refractivity (Wildman–Crippen MR) is 55.6 cm³/mol. The summed E-state index contributed by atoms with van der Waals surface area (Å²) in [4.78, 5) is 0.207. The molecule has 0 fully saturated rings. The number of sulfonamides is 1. The molecule has 0 spiro atoms. The zero-order chi connectivity index (χ0) is 10.2. The van der Waals surface area contributed by atoms with E-state index in [1.165, 1.54) is 0 Å². The van der Waals surface area contributed by atoms with Crippen LogP contribution in [-0.4, -0.2) is 8.42 Å². The Morgan fingerprint density at radius 2 is 1.71 bits per heavy atom. The van der Waals surface area contributed by atoms with Gasteiger partial charge in [-0.05, 0) is 6.08 Å². The molecule has 0 saturated carbocycles. The highest BCUT2D eigenvalue weighted by Crippen LogP contribution is 2.28. The second kappa shape index (κ2) is 3.22. The van der Waals surface area contributed by atoms with Crippen LogP contribution in [0.5, 0.6) is 0 Å². The highest BCUT2D eigenvalue weighted by atomic mass is 32.2. The van der Waals surface area contributed by atoms with Crippen molar-refractivity contribution >= 4 is 10.0 Å². The van der Waals surface area contributed by atoms with Gasteiger partial charge in [0.1, 0.15) is 0 Å². The summed E-state index contributed by atoms with van der Waals surface area (Å²) in [6, 6.07) is 0. The molecule has 0 aromatic heterocycles. The molecule has 74 valence electrons. The molecular formula is C10H11NO2S. The van der Waals surface area contributed by atoms with Gasteiger partial charge >= 0.3 is 0 Å². The second-order valence-electron chi connectivity index (χ2n) is 3.40. The first-order valence-electron chi connectivity index (χ1n) is 4.35. The van der Waals surface area contributed by atoms with Crippen LogP contribution in [0.15, 0.2) is 47.4 Å². The number of rotatable bonds is 1. The molecule has 0 amide bonds. The van der Waals surface area contributed by atoms with Crippen LogP contribution in [0, 0.1) is 11.8 Å². The van der Waals surface area contributed by atoms with Crippen molar-refractivity contribution in [3.05, 3.63) is 47.4 Å². The maximum atomic E-state index is 11.1. The normalized spacial score (nSPS) is 29.9. The molecule has 0 bridgehead atoms. The fraction of sp³-hybridized carbons (Fsp3) is 0.200. The number of primary sulfonamides is 1. The van der Waals surface area contributed by atoms with Crippen LogP contribution in [0.25, 0.3) is 0 Å². The molecule has 0 saturated heterocycles. The van der Waals surface area contributed by atoms with Crippen molar-refractivity contribution in [1.29, 1.82) is 0 Å². The van der Waals surface area contributed by atoms with Crippen LogP contribution in [0.1, 0.15) is 0 Å². The first-order valence-corrected chi connectivity index (χ1v) is 5.90. The van der Waals surface area contributed by atoms with E-state index in [0.717, 1.165) is 0 Å². The highest BCUT2D eigenvalue weighted by Gasteiger charge is 2.21. The molecule has 0 radical (unpaired) electrons. The molecule has 0 heterocycles. The monoisotopic (exact) mass is 209 g/mol. The number of allylic oxidation sites excluding steroid dienone is 7. The lowest BCUT2D eigenvalue weighted by Gasteiger charge is -2.22. The van der Waals surface area contributed by atoms with E-state index in [1.807, 2.05) is 30.4 Å². The maximum Gasteiger partial charge on any atom is 0.237 e. The lowest BCUT2D eigenvalue weighted by atomic mass is 9.85. The number of hydrogen-bond acceptors (Lipinski definition) is 2. The molecule has 2 aliphatic carbocycles. The van der Waals surface area contributed by atoms with E-state index in [0.29, 0.717) is 0 Å². The van der Waals surface area contributed by atoms with E-state index in [-0.39, 0.29) is 16.7 Å². The summed E-state index contributed by atoms with van der Waals surface area (Å²) in [5, 5.41) is 5.04. The van der Waals surface area contributed by atoms with E-state index >= 15 is 0 Å². The minimum atomic E-state index is -3.56. The Hall–Kier alpha value is -1.13. The smallest absolute Gasteiger partial charge is 0.225 e. The van der Waals surface area contributed by atoms with Gasteiger partial charge in [0, 0.05) is 11.8 Å². The Balaban J connectivity index is 2.36. The Morgan fingerprint density at radius 1 is 1.07 bits per heavy atom. The molecule has 0 aliphatic heterocycles. The summed E-state index contributed by atoms with van der Waals surface area (Å²) in [7, 11) is -3.56. The first-order chi connectivity index (χ1) is 6.57. The largest absolute Gasteiger partial charge is 0.237 e. The summed E-state index contributed by atoms with van der Waals surface area (Å²) in [5.41, 5.74) is 0. The third-order valence-electron chi connectivity index (χ3n) is 2.39. The molecule has 3 nitrogen and oxygen atoms in total. The topological polar surface area (TPSA) is 60.2 Å². The van der Waals surface area contributed by atoms with Crippen molar-refractivity contribution < 1.29 is 8.42 Å². The SMILES string of the molecule is NS(=O)(=O)C1=CC2C=CC=CC2C=C1. The molecule has 4 heteroatoms. The Morgan fingerprint density at radius 3 is 2.36 bits per heavy atom. The van der Waals surface area contributed by atoms with Crippen molar-refractivity contribution in [2.24, 2.45) is 17.0 Å². The Bertz CT molecular complexity index is 455. The lowest BCUT2D eigenvalue weighted by Crippen LogP contribution is -2.19. The van der Waals surface area contributed by atoms with E-state index in [2.05, 4.69) is 0 Å². The molecule has 0 aromatic carbocycles. The van der Waals surface area contributed by atoms with Crippen LogP contribution in [0.4, 0.5) is 0 Å². The molecule has 14 heavy (non-hydrogen) atoms. The number of nitrogens with two attached hydrogens (primary N) is 1. The summed E-state index contributed by atoms with van der Waals surface area (Å²) in [6.45, 7) is 0. The lowest BCUT2D eigenvalue weighted by molar-refractivity contribution is 0.601. The average Bonchev–Trinajstić information content (AvgIpc) is 2.16. The van der Waals surface area contributed by atoms with Gasteiger partial charge in [0.25, 0.3) is 0 Å². The number of hydrogen-bond donors (Lipinski definition) is 1. The fourth-order valence-corrected chi connectivity index (χ4v) is 2.26. The van der Waals surface area contributed by atoms with Gasteiger partial charge in [-0.15, -0.1) is 0 Å². The number of fused-ring (bicyclic) bond motifs is 1. The van der Waals surface area contributed by atoms with E-state index in [9.17, 15) is 8.42 Å². The Kier molecular flexibility index (Phi) is 2.17. The van der Waals surface area contributed by atoms with Gasteiger partial charge < -0.3 is 0 Å². The fourth-order valence-electron chi connectivity index (χ4n) is 1.64. The zero-order valence-electron chi connectivity index (χ0n) is 7.50.